The van der Waals surface area contributed by atoms with E-state index in [2.05, 4.69) is 34.9 Å². The van der Waals surface area contributed by atoms with E-state index in [9.17, 15) is 0 Å². The molecule has 2 rings (SSSR count). The molecule has 0 aromatic carbocycles. The Balaban J connectivity index is 1.89. The molecule has 1 aliphatic rings. The Bertz CT molecular complexity index is 315. The first-order valence-electron chi connectivity index (χ1n) is 6.59. The number of hydrogen-bond acceptors (Lipinski definition) is 2. The second-order valence-corrected chi connectivity index (χ2v) is 4.92. The number of nitrogens with zero attached hydrogens (tertiary/aromatic N) is 2. The Labute approximate surface area is 98.3 Å². The van der Waals surface area contributed by atoms with Crippen molar-refractivity contribution in [3.63, 3.8) is 0 Å². The number of imidazole rings is 1. The van der Waals surface area contributed by atoms with E-state index >= 15 is 0 Å². The first-order chi connectivity index (χ1) is 7.81. The fraction of sp³-hybridized carbons (Fsp3) is 0.769. The van der Waals surface area contributed by atoms with Crippen LogP contribution in [-0.2, 0) is 6.54 Å². The molecule has 1 atom stereocenters. The monoisotopic (exact) mass is 221 g/mol. The maximum Gasteiger partial charge on any atom is 0.202 e. The van der Waals surface area contributed by atoms with Crippen LogP contribution in [0.15, 0.2) is 12.4 Å². The second-order valence-electron chi connectivity index (χ2n) is 4.92. The molecular formula is C13H23N3. The van der Waals surface area contributed by atoms with Gasteiger partial charge in [0.1, 0.15) is 0 Å². The molecule has 1 aromatic rings. The molecule has 0 bridgehead atoms. The van der Waals surface area contributed by atoms with Crippen molar-refractivity contribution in [3.8, 4) is 0 Å². The van der Waals surface area contributed by atoms with Crippen LogP contribution >= 0.6 is 0 Å². The van der Waals surface area contributed by atoms with E-state index in [1.54, 1.807) is 0 Å². The van der Waals surface area contributed by atoms with E-state index in [1.165, 1.54) is 32.1 Å². The molecule has 1 aliphatic carbocycles. The number of anilines is 1. The van der Waals surface area contributed by atoms with E-state index in [0.29, 0.717) is 6.04 Å². The van der Waals surface area contributed by atoms with Gasteiger partial charge in [-0.15, -0.1) is 0 Å². The zero-order valence-corrected chi connectivity index (χ0v) is 10.4. The third-order valence-corrected chi connectivity index (χ3v) is 3.68. The molecule has 1 aromatic heterocycles. The molecule has 0 amide bonds. The number of aromatic nitrogens is 2. The minimum Gasteiger partial charge on any atom is -0.353 e. The van der Waals surface area contributed by atoms with Gasteiger partial charge in [-0.3, -0.25) is 0 Å². The van der Waals surface area contributed by atoms with Crippen LogP contribution in [0.1, 0.15) is 46.0 Å². The molecule has 1 N–H and O–H groups in total. The quantitative estimate of drug-likeness (QED) is 0.799. The first-order valence-corrected chi connectivity index (χ1v) is 6.59. The lowest BCUT2D eigenvalue weighted by atomic mass is 9.80. The summed E-state index contributed by atoms with van der Waals surface area (Å²) in [7, 11) is 0. The molecule has 0 aliphatic heterocycles. The SMILES string of the molecule is CCCCn1ccnc1NC(C)C1CCC1. The Kier molecular flexibility index (Phi) is 3.86. The predicted octanol–water partition coefficient (Wildman–Crippen LogP) is 3.28. The van der Waals surface area contributed by atoms with Gasteiger partial charge in [-0.1, -0.05) is 19.8 Å². The number of rotatable bonds is 6. The summed E-state index contributed by atoms with van der Waals surface area (Å²) in [6.45, 7) is 5.58. The van der Waals surface area contributed by atoms with Gasteiger partial charge in [-0.05, 0) is 32.1 Å². The Morgan fingerprint density at radius 1 is 1.56 bits per heavy atom. The number of aryl methyl sites for hydroxylation is 1. The third kappa shape index (κ3) is 2.57. The summed E-state index contributed by atoms with van der Waals surface area (Å²) in [5, 5.41) is 3.55. The Hall–Kier alpha value is -0.990. The summed E-state index contributed by atoms with van der Waals surface area (Å²) in [5.41, 5.74) is 0. The molecule has 0 spiro atoms. The van der Waals surface area contributed by atoms with Crippen LogP contribution in [0.4, 0.5) is 5.95 Å². The molecule has 1 heterocycles. The average Bonchev–Trinajstić information content (AvgIpc) is 2.59. The standard InChI is InChI=1S/C13H23N3/c1-3-4-9-16-10-8-14-13(16)15-11(2)12-6-5-7-12/h8,10-12H,3-7,9H2,1-2H3,(H,14,15). The zero-order valence-electron chi connectivity index (χ0n) is 10.4. The molecule has 0 radical (unpaired) electrons. The summed E-state index contributed by atoms with van der Waals surface area (Å²) < 4.78 is 2.23. The van der Waals surface area contributed by atoms with Crippen molar-refractivity contribution in [1.82, 2.24) is 9.55 Å². The molecule has 3 nitrogen and oxygen atoms in total. The molecule has 90 valence electrons. The lowest BCUT2D eigenvalue weighted by Crippen LogP contribution is -2.31. The fourth-order valence-electron chi connectivity index (χ4n) is 2.22. The van der Waals surface area contributed by atoms with Gasteiger partial charge in [-0.2, -0.15) is 0 Å². The highest BCUT2D eigenvalue weighted by Gasteiger charge is 2.24. The number of unbranched alkanes of at least 4 members (excludes halogenated alkanes) is 1. The highest BCUT2D eigenvalue weighted by atomic mass is 15.2. The zero-order chi connectivity index (χ0) is 11.4. The van der Waals surface area contributed by atoms with Crippen molar-refractivity contribution in [2.24, 2.45) is 5.92 Å². The van der Waals surface area contributed by atoms with E-state index in [4.69, 9.17) is 0 Å². The maximum absolute atomic E-state index is 4.40. The molecule has 3 heteroatoms. The molecule has 16 heavy (non-hydrogen) atoms. The van der Waals surface area contributed by atoms with Crippen molar-refractivity contribution in [2.45, 2.75) is 58.5 Å². The van der Waals surface area contributed by atoms with Crippen LogP contribution in [0.2, 0.25) is 0 Å². The van der Waals surface area contributed by atoms with Crippen molar-refractivity contribution in [1.29, 1.82) is 0 Å². The van der Waals surface area contributed by atoms with Crippen molar-refractivity contribution >= 4 is 5.95 Å². The Morgan fingerprint density at radius 2 is 2.38 bits per heavy atom. The minimum atomic E-state index is 0.566. The highest BCUT2D eigenvalue weighted by molar-refractivity contribution is 5.27. The van der Waals surface area contributed by atoms with Gasteiger partial charge in [0, 0.05) is 25.0 Å². The van der Waals surface area contributed by atoms with E-state index in [-0.39, 0.29) is 0 Å². The molecule has 1 unspecified atom stereocenters. The van der Waals surface area contributed by atoms with Crippen LogP contribution < -0.4 is 5.32 Å². The normalized spacial score (nSPS) is 18.1. The second kappa shape index (κ2) is 5.37. The predicted molar refractivity (Wildman–Crippen MR) is 67.6 cm³/mol. The third-order valence-electron chi connectivity index (χ3n) is 3.68. The largest absolute Gasteiger partial charge is 0.353 e. The van der Waals surface area contributed by atoms with Crippen LogP contribution in [0, 0.1) is 5.92 Å². The van der Waals surface area contributed by atoms with Crippen molar-refractivity contribution < 1.29 is 0 Å². The van der Waals surface area contributed by atoms with E-state index in [0.717, 1.165) is 18.4 Å². The van der Waals surface area contributed by atoms with Gasteiger partial charge in [0.2, 0.25) is 5.95 Å². The Morgan fingerprint density at radius 3 is 3.00 bits per heavy atom. The number of hydrogen-bond donors (Lipinski definition) is 1. The summed E-state index contributed by atoms with van der Waals surface area (Å²) >= 11 is 0. The van der Waals surface area contributed by atoms with Gasteiger partial charge in [0.15, 0.2) is 0 Å². The smallest absolute Gasteiger partial charge is 0.202 e. The number of nitrogens with one attached hydrogen (secondary N) is 1. The maximum atomic E-state index is 4.40. The fourth-order valence-corrected chi connectivity index (χ4v) is 2.22. The first kappa shape index (κ1) is 11.5. The van der Waals surface area contributed by atoms with Crippen LogP contribution in [0.3, 0.4) is 0 Å². The molecular weight excluding hydrogens is 198 g/mol. The van der Waals surface area contributed by atoms with Crippen LogP contribution in [0.25, 0.3) is 0 Å². The lowest BCUT2D eigenvalue weighted by molar-refractivity contribution is 0.284. The van der Waals surface area contributed by atoms with Crippen LogP contribution in [0.5, 0.6) is 0 Å². The lowest BCUT2D eigenvalue weighted by Gasteiger charge is -2.32. The van der Waals surface area contributed by atoms with Gasteiger partial charge < -0.3 is 9.88 Å². The summed E-state index contributed by atoms with van der Waals surface area (Å²) in [5.74, 6) is 1.91. The van der Waals surface area contributed by atoms with Crippen molar-refractivity contribution in [2.75, 3.05) is 5.32 Å². The molecule has 1 saturated carbocycles. The van der Waals surface area contributed by atoms with E-state index in [1.807, 2.05) is 6.20 Å². The van der Waals surface area contributed by atoms with Crippen molar-refractivity contribution in [3.05, 3.63) is 12.4 Å². The summed E-state index contributed by atoms with van der Waals surface area (Å²) in [6.07, 6.45) is 10.6. The highest BCUT2D eigenvalue weighted by Crippen LogP contribution is 2.30. The van der Waals surface area contributed by atoms with Gasteiger partial charge >= 0.3 is 0 Å². The molecule has 0 saturated heterocycles. The topological polar surface area (TPSA) is 29.9 Å². The van der Waals surface area contributed by atoms with Gasteiger partial charge in [0.25, 0.3) is 0 Å². The summed E-state index contributed by atoms with van der Waals surface area (Å²) in [6, 6.07) is 0.566. The van der Waals surface area contributed by atoms with Gasteiger partial charge in [-0.25, -0.2) is 4.98 Å². The van der Waals surface area contributed by atoms with E-state index < -0.39 is 0 Å². The van der Waals surface area contributed by atoms with Gasteiger partial charge in [0.05, 0.1) is 0 Å². The minimum absolute atomic E-state index is 0.566. The molecule has 1 fully saturated rings. The average molecular weight is 221 g/mol. The van der Waals surface area contributed by atoms with Crippen LogP contribution in [-0.4, -0.2) is 15.6 Å². The summed E-state index contributed by atoms with van der Waals surface area (Å²) in [4.78, 5) is 4.40.